The lowest BCUT2D eigenvalue weighted by molar-refractivity contribution is 0.114. The van der Waals surface area contributed by atoms with Crippen molar-refractivity contribution in [2.45, 2.75) is 50.5 Å². The topological polar surface area (TPSA) is 21.8 Å². The SMILES string of the molecule is CC(CCC(c1ccccc1)c1ccc(CCCOCC2CO2)cc1)c1ccccc1. The van der Waals surface area contributed by atoms with Gasteiger partial charge in [-0.15, -0.1) is 0 Å². The molecule has 0 bridgehead atoms. The van der Waals surface area contributed by atoms with Crippen molar-refractivity contribution < 1.29 is 9.47 Å². The van der Waals surface area contributed by atoms with E-state index in [2.05, 4.69) is 91.9 Å². The molecule has 3 aromatic rings. The predicted octanol–water partition coefficient (Wildman–Crippen LogP) is 6.75. The maximum absolute atomic E-state index is 5.66. The Hall–Kier alpha value is -2.42. The number of rotatable bonds is 12. The van der Waals surface area contributed by atoms with Crippen LogP contribution < -0.4 is 0 Å². The second-order valence-corrected chi connectivity index (χ2v) is 8.73. The van der Waals surface area contributed by atoms with Gasteiger partial charge in [-0.3, -0.25) is 0 Å². The third kappa shape index (κ3) is 6.78. The van der Waals surface area contributed by atoms with E-state index in [1.165, 1.54) is 28.7 Å². The normalized spacial score (nSPS) is 17.3. The lowest BCUT2D eigenvalue weighted by atomic mass is 9.83. The van der Waals surface area contributed by atoms with Crippen molar-refractivity contribution in [1.82, 2.24) is 0 Å². The van der Waals surface area contributed by atoms with Gasteiger partial charge in [0.15, 0.2) is 0 Å². The van der Waals surface area contributed by atoms with Crippen LogP contribution in [0.2, 0.25) is 0 Å². The summed E-state index contributed by atoms with van der Waals surface area (Å²) in [7, 11) is 0. The van der Waals surface area contributed by atoms with Crippen LogP contribution in [0.1, 0.15) is 60.3 Å². The van der Waals surface area contributed by atoms with Gasteiger partial charge >= 0.3 is 0 Å². The van der Waals surface area contributed by atoms with Crippen LogP contribution in [0.15, 0.2) is 84.9 Å². The van der Waals surface area contributed by atoms with E-state index in [1.807, 2.05) is 0 Å². The van der Waals surface area contributed by atoms with Crippen molar-refractivity contribution in [3.05, 3.63) is 107 Å². The van der Waals surface area contributed by atoms with Gasteiger partial charge in [0.1, 0.15) is 6.10 Å². The fourth-order valence-electron chi connectivity index (χ4n) is 4.25. The summed E-state index contributed by atoms with van der Waals surface area (Å²) in [4.78, 5) is 0. The average molecular weight is 415 g/mol. The molecule has 0 aromatic heterocycles. The molecule has 1 aliphatic rings. The molecule has 0 radical (unpaired) electrons. The van der Waals surface area contributed by atoms with Crippen LogP contribution in [-0.4, -0.2) is 25.9 Å². The van der Waals surface area contributed by atoms with E-state index in [9.17, 15) is 0 Å². The number of hydrogen-bond donors (Lipinski definition) is 0. The minimum Gasteiger partial charge on any atom is -0.379 e. The van der Waals surface area contributed by atoms with E-state index in [0.29, 0.717) is 17.9 Å². The predicted molar refractivity (Wildman–Crippen MR) is 128 cm³/mol. The molecular weight excluding hydrogens is 380 g/mol. The summed E-state index contributed by atoms with van der Waals surface area (Å²) in [6.07, 6.45) is 4.80. The van der Waals surface area contributed by atoms with Gasteiger partial charge in [0.25, 0.3) is 0 Å². The first-order valence-corrected chi connectivity index (χ1v) is 11.7. The Morgan fingerprint density at radius 2 is 1.42 bits per heavy atom. The molecule has 1 fully saturated rings. The highest BCUT2D eigenvalue weighted by Gasteiger charge is 2.22. The van der Waals surface area contributed by atoms with Gasteiger partial charge in [-0.25, -0.2) is 0 Å². The average Bonchev–Trinajstić information content (AvgIpc) is 3.65. The zero-order chi connectivity index (χ0) is 21.3. The molecule has 3 aromatic carbocycles. The smallest absolute Gasteiger partial charge is 0.104 e. The first-order valence-electron chi connectivity index (χ1n) is 11.7. The zero-order valence-corrected chi connectivity index (χ0v) is 18.6. The summed E-state index contributed by atoms with van der Waals surface area (Å²) in [5.74, 6) is 0.996. The molecular formula is C29H34O2. The van der Waals surface area contributed by atoms with Crippen LogP contribution >= 0.6 is 0 Å². The Morgan fingerprint density at radius 3 is 2.06 bits per heavy atom. The molecule has 2 heteroatoms. The summed E-state index contributed by atoms with van der Waals surface area (Å²) in [6, 6.07) is 31.1. The molecule has 0 aliphatic carbocycles. The van der Waals surface area contributed by atoms with Crippen LogP contribution in [0.4, 0.5) is 0 Å². The minimum absolute atomic E-state index is 0.360. The Balaban J connectivity index is 1.36. The molecule has 31 heavy (non-hydrogen) atoms. The van der Waals surface area contributed by atoms with Crippen LogP contribution in [0.5, 0.6) is 0 Å². The summed E-state index contributed by atoms with van der Waals surface area (Å²) >= 11 is 0. The molecule has 3 unspecified atom stereocenters. The van der Waals surface area contributed by atoms with Crippen molar-refractivity contribution >= 4 is 0 Å². The largest absolute Gasteiger partial charge is 0.379 e. The number of aryl methyl sites for hydroxylation is 1. The van der Waals surface area contributed by atoms with Crippen molar-refractivity contribution in [2.75, 3.05) is 19.8 Å². The van der Waals surface area contributed by atoms with Crippen molar-refractivity contribution in [3.8, 4) is 0 Å². The second-order valence-electron chi connectivity index (χ2n) is 8.73. The standard InChI is InChI=1S/C29H34O2/c1-23(25-10-4-2-5-11-25)14-19-29(26-12-6-3-7-13-26)27-17-15-24(16-18-27)9-8-20-30-21-28-22-31-28/h2-7,10-13,15-18,23,28-29H,8-9,14,19-22H2,1H3. The van der Waals surface area contributed by atoms with E-state index >= 15 is 0 Å². The van der Waals surface area contributed by atoms with Gasteiger partial charge in [0, 0.05) is 12.5 Å². The van der Waals surface area contributed by atoms with Crippen LogP contribution in [0.25, 0.3) is 0 Å². The monoisotopic (exact) mass is 414 g/mol. The first-order chi connectivity index (χ1) is 15.3. The minimum atomic E-state index is 0.360. The molecule has 2 nitrogen and oxygen atoms in total. The molecule has 0 amide bonds. The van der Waals surface area contributed by atoms with Gasteiger partial charge in [-0.1, -0.05) is 91.9 Å². The molecule has 0 saturated carbocycles. The Morgan fingerprint density at radius 1 is 0.806 bits per heavy atom. The second kappa shape index (κ2) is 11.3. The van der Waals surface area contributed by atoms with E-state index in [4.69, 9.17) is 9.47 Å². The van der Waals surface area contributed by atoms with Crippen molar-refractivity contribution in [3.63, 3.8) is 0 Å². The van der Waals surface area contributed by atoms with Crippen LogP contribution in [0, 0.1) is 0 Å². The number of benzene rings is 3. The lowest BCUT2D eigenvalue weighted by Gasteiger charge is -2.21. The van der Waals surface area contributed by atoms with Gasteiger partial charge in [0.05, 0.1) is 13.2 Å². The van der Waals surface area contributed by atoms with Gasteiger partial charge in [0.2, 0.25) is 0 Å². The summed E-state index contributed by atoms with van der Waals surface area (Å²) in [5, 5.41) is 0. The van der Waals surface area contributed by atoms with Gasteiger partial charge < -0.3 is 9.47 Å². The van der Waals surface area contributed by atoms with E-state index in [1.54, 1.807) is 0 Å². The van der Waals surface area contributed by atoms with E-state index < -0.39 is 0 Å². The third-order valence-electron chi connectivity index (χ3n) is 6.30. The third-order valence-corrected chi connectivity index (χ3v) is 6.30. The molecule has 0 spiro atoms. The Labute approximate surface area is 187 Å². The molecule has 1 saturated heterocycles. The summed E-state index contributed by atoms with van der Waals surface area (Å²) < 4.78 is 10.8. The molecule has 1 aliphatic heterocycles. The quantitative estimate of drug-likeness (QED) is 0.241. The van der Waals surface area contributed by atoms with Gasteiger partial charge in [-0.2, -0.15) is 0 Å². The molecule has 1 heterocycles. The highest BCUT2D eigenvalue weighted by atomic mass is 16.6. The van der Waals surface area contributed by atoms with Gasteiger partial charge in [-0.05, 0) is 53.9 Å². The number of epoxide rings is 1. The molecule has 0 N–H and O–H groups in total. The van der Waals surface area contributed by atoms with Crippen LogP contribution in [0.3, 0.4) is 0 Å². The zero-order valence-electron chi connectivity index (χ0n) is 18.6. The number of ether oxygens (including phenoxy) is 2. The van der Waals surface area contributed by atoms with Crippen LogP contribution in [-0.2, 0) is 15.9 Å². The first kappa shape index (κ1) is 21.8. The highest BCUT2D eigenvalue weighted by molar-refractivity contribution is 5.34. The Bertz CT molecular complexity index is 885. The Kier molecular flexibility index (Phi) is 7.93. The maximum Gasteiger partial charge on any atom is 0.104 e. The molecule has 4 rings (SSSR count). The van der Waals surface area contributed by atoms with Crippen molar-refractivity contribution in [2.24, 2.45) is 0 Å². The highest BCUT2D eigenvalue weighted by Crippen LogP contribution is 2.33. The summed E-state index contributed by atoms with van der Waals surface area (Å²) in [6.45, 7) is 4.77. The lowest BCUT2D eigenvalue weighted by Crippen LogP contribution is -2.05. The fourth-order valence-corrected chi connectivity index (χ4v) is 4.25. The van der Waals surface area contributed by atoms with Crippen molar-refractivity contribution in [1.29, 1.82) is 0 Å². The van der Waals surface area contributed by atoms with E-state index in [0.717, 1.165) is 39.1 Å². The van der Waals surface area contributed by atoms with E-state index in [-0.39, 0.29) is 0 Å². The maximum atomic E-state index is 5.66. The number of hydrogen-bond acceptors (Lipinski definition) is 2. The fraction of sp³-hybridized carbons (Fsp3) is 0.379. The molecule has 162 valence electrons. The summed E-state index contributed by atoms with van der Waals surface area (Å²) in [5.41, 5.74) is 5.64. The molecule has 3 atom stereocenters.